The van der Waals surface area contributed by atoms with E-state index in [9.17, 15) is 0 Å². The molecular formula is C9H9NaO. The first-order chi connectivity index (χ1) is 4.93. The molecule has 1 nitrogen and oxygen atoms in total. The molecule has 1 aromatic carbocycles. The summed E-state index contributed by atoms with van der Waals surface area (Å²) in [6.07, 6.45) is 1.58. The summed E-state index contributed by atoms with van der Waals surface area (Å²) in [5, 5.41) is 0. The van der Waals surface area contributed by atoms with Crippen molar-refractivity contribution in [2.75, 3.05) is 0 Å². The zero-order valence-corrected chi connectivity index (χ0v) is 8.66. The minimum Gasteiger partial charge on any atom is -0.307 e. The Morgan fingerprint density at radius 1 is 1.18 bits per heavy atom. The molecule has 0 saturated heterocycles. The van der Waals surface area contributed by atoms with Crippen molar-refractivity contribution in [3.63, 3.8) is 0 Å². The third-order valence-corrected chi connectivity index (χ3v) is 0.992. The zero-order chi connectivity index (χ0) is 7.82. The van der Waals surface area contributed by atoms with Gasteiger partial charge in [0, 0.05) is 0 Å². The molecule has 0 amide bonds. The van der Waals surface area contributed by atoms with Gasteiger partial charge in [-0.3, -0.25) is 6.58 Å². The van der Waals surface area contributed by atoms with Gasteiger partial charge in [-0.05, 0) is 0 Å². The van der Waals surface area contributed by atoms with E-state index in [0.717, 1.165) is 5.56 Å². The number of carbonyl (C=O) groups is 1. The van der Waals surface area contributed by atoms with E-state index >= 15 is 0 Å². The van der Waals surface area contributed by atoms with Crippen LogP contribution in [0.2, 0.25) is 0 Å². The van der Waals surface area contributed by atoms with Crippen LogP contribution >= 0.6 is 0 Å². The SMILES string of the molecule is C=O.[CH-]=Cc1ccccc1.[Na+]. The van der Waals surface area contributed by atoms with Gasteiger partial charge in [0.2, 0.25) is 0 Å². The number of rotatable bonds is 1. The smallest absolute Gasteiger partial charge is 0.307 e. The van der Waals surface area contributed by atoms with Crippen molar-refractivity contribution < 1.29 is 34.4 Å². The van der Waals surface area contributed by atoms with Crippen LogP contribution in [0.4, 0.5) is 0 Å². The van der Waals surface area contributed by atoms with Crippen LogP contribution in [0.1, 0.15) is 5.56 Å². The van der Waals surface area contributed by atoms with Crippen molar-refractivity contribution in [2.24, 2.45) is 0 Å². The van der Waals surface area contributed by atoms with Crippen LogP contribution in [0.3, 0.4) is 0 Å². The molecule has 0 aliphatic carbocycles. The van der Waals surface area contributed by atoms with Gasteiger partial charge in [0.1, 0.15) is 6.79 Å². The second-order valence-electron chi connectivity index (χ2n) is 1.58. The van der Waals surface area contributed by atoms with Crippen molar-refractivity contribution in [3.05, 3.63) is 42.5 Å². The average Bonchev–Trinajstić information content (AvgIpc) is 2.10. The third-order valence-electron chi connectivity index (χ3n) is 0.992. The fourth-order valence-corrected chi connectivity index (χ4v) is 0.564. The Labute approximate surface area is 89.4 Å². The Bertz CT molecular complexity index is 184. The van der Waals surface area contributed by atoms with Gasteiger partial charge in [-0.15, -0.1) is 12.1 Å². The van der Waals surface area contributed by atoms with E-state index in [1.54, 1.807) is 6.08 Å². The van der Waals surface area contributed by atoms with Crippen molar-refractivity contribution in [1.82, 2.24) is 0 Å². The number of hydrogen-bond donors (Lipinski definition) is 0. The van der Waals surface area contributed by atoms with Crippen LogP contribution in [0.25, 0.3) is 6.08 Å². The van der Waals surface area contributed by atoms with Crippen LogP contribution in [-0.4, -0.2) is 6.79 Å². The van der Waals surface area contributed by atoms with E-state index in [4.69, 9.17) is 11.4 Å². The minimum absolute atomic E-state index is 0. The topological polar surface area (TPSA) is 17.1 Å². The molecule has 0 saturated carbocycles. The van der Waals surface area contributed by atoms with Gasteiger partial charge in [-0.2, -0.15) is 5.56 Å². The molecule has 1 aromatic rings. The monoisotopic (exact) mass is 156 g/mol. The van der Waals surface area contributed by atoms with Crippen LogP contribution in [-0.2, 0) is 4.79 Å². The van der Waals surface area contributed by atoms with Crippen LogP contribution in [0.15, 0.2) is 30.3 Å². The summed E-state index contributed by atoms with van der Waals surface area (Å²) in [6, 6.07) is 9.80. The summed E-state index contributed by atoms with van der Waals surface area (Å²) in [5.41, 5.74) is 1.06. The molecule has 0 unspecified atom stereocenters. The predicted molar refractivity (Wildman–Crippen MR) is 42.3 cm³/mol. The summed E-state index contributed by atoms with van der Waals surface area (Å²) >= 11 is 0. The molecular weight excluding hydrogens is 147 g/mol. The Hall–Kier alpha value is -0.370. The normalized spacial score (nSPS) is 6.55. The number of benzene rings is 1. The summed E-state index contributed by atoms with van der Waals surface area (Å²) in [4.78, 5) is 8.00. The summed E-state index contributed by atoms with van der Waals surface area (Å²) in [6.45, 7) is 7.22. The molecule has 0 aromatic heterocycles. The van der Waals surface area contributed by atoms with Crippen molar-refractivity contribution >= 4 is 12.9 Å². The van der Waals surface area contributed by atoms with E-state index in [1.165, 1.54) is 0 Å². The molecule has 0 aliphatic heterocycles. The maximum absolute atomic E-state index is 8.00. The summed E-state index contributed by atoms with van der Waals surface area (Å²) in [5.74, 6) is 0. The number of carbonyl (C=O) groups excluding carboxylic acids is 1. The van der Waals surface area contributed by atoms with Gasteiger partial charge in [0.05, 0.1) is 0 Å². The molecule has 0 aliphatic rings. The largest absolute Gasteiger partial charge is 1.00 e. The second-order valence-corrected chi connectivity index (χ2v) is 1.58. The molecule has 0 spiro atoms. The van der Waals surface area contributed by atoms with Gasteiger partial charge < -0.3 is 4.79 Å². The Morgan fingerprint density at radius 3 is 1.91 bits per heavy atom. The average molecular weight is 156 g/mol. The van der Waals surface area contributed by atoms with Crippen molar-refractivity contribution in [3.8, 4) is 0 Å². The van der Waals surface area contributed by atoms with E-state index < -0.39 is 0 Å². The van der Waals surface area contributed by atoms with Crippen LogP contribution in [0.5, 0.6) is 0 Å². The molecule has 2 heteroatoms. The van der Waals surface area contributed by atoms with Crippen molar-refractivity contribution in [2.45, 2.75) is 0 Å². The van der Waals surface area contributed by atoms with E-state index in [2.05, 4.69) is 0 Å². The molecule has 1 rings (SSSR count). The molecule has 52 valence electrons. The summed E-state index contributed by atoms with van der Waals surface area (Å²) in [7, 11) is 0. The van der Waals surface area contributed by atoms with Gasteiger partial charge >= 0.3 is 29.6 Å². The quantitative estimate of drug-likeness (QED) is 0.374. The van der Waals surface area contributed by atoms with Gasteiger partial charge in [-0.25, -0.2) is 6.08 Å². The first kappa shape index (κ1) is 13.2. The summed E-state index contributed by atoms with van der Waals surface area (Å²) < 4.78 is 0. The fraction of sp³-hybridized carbons (Fsp3) is 0. The fourth-order valence-electron chi connectivity index (χ4n) is 0.564. The Kier molecular flexibility index (Phi) is 11.6. The van der Waals surface area contributed by atoms with Gasteiger partial charge in [0.25, 0.3) is 0 Å². The zero-order valence-electron chi connectivity index (χ0n) is 6.66. The van der Waals surface area contributed by atoms with E-state index in [-0.39, 0.29) is 29.6 Å². The first-order valence-corrected chi connectivity index (χ1v) is 2.82. The minimum atomic E-state index is 0. The molecule has 0 N–H and O–H groups in total. The predicted octanol–water partition coefficient (Wildman–Crippen LogP) is -1.05. The van der Waals surface area contributed by atoms with Gasteiger partial charge in [-0.1, -0.05) is 18.2 Å². The van der Waals surface area contributed by atoms with Crippen LogP contribution in [0, 0.1) is 6.58 Å². The van der Waals surface area contributed by atoms with E-state index in [0.29, 0.717) is 0 Å². The maximum Gasteiger partial charge on any atom is 1.00 e. The van der Waals surface area contributed by atoms with Gasteiger partial charge in [0.15, 0.2) is 0 Å². The second kappa shape index (κ2) is 9.63. The Balaban J connectivity index is 0. The third kappa shape index (κ3) is 6.05. The maximum atomic E-state index is 8.00. The van der Waals surface area contributed by atoms with Crippen LogP contribution < -0.4 is 29.6 Å². The number of hydrogen-bond acceptors (Lipinski definition) is 1. The molecule has 0 atom stereocenters. The molecule has 0 heterocycles. The molecule has 0 radical (unpaired) electrons. The molecule has 0 fully saturated rings. The molecule has 0 bridgehead atoms. The first-order valence-electron chi connectivity index (χ1n) is 2.82. The standard InChI is InChI=1S/C8H7.CH2O.Na/c1-2-8-6-4-3-5-7-8;1-2;/h1-7H;1H2;/q-1;;+1. The van der Waals surface area contributed by atoms with E-state index in [1.807, 2.05) is 37.1 Å². The molecule has 11 heavy (non-hydrogen) atoms. The van der Waals surface area contributed by atoms with Crippen molar-refractivity contribution in [1.29, 1.82) is 0 Å². The Morgan fingerprint density at radius 2 is 1.64 bits per heavy atom.